The summed E-state index contributed by atoms with van der Waals surface area (Å²) in [6.07, 6.45) is 8.46. The van der Waals surface area contributed by atoms with Gasteiger partial charge in [-0.1, -0.05) is 18.2 Å². The van der Waals surface area contributed by atoms with E-state index in [0.29, 0.717) is 75.9 Å². The third-order valence-electron chi connectivity index (χ3n) is 11.9. The SMILES string of the molecule is COc1cc(C(CC(=O)N[C@@H](CCSC)C(=O)N2CC3CC(C2)c2cccc(=O)n2C3)c2c(O)cc3c(c2O)C(=O)O[C@@H](C)CCCC(=O)CCCC=C3)cc(OC)c1OC. The number of cyclic esters (lactones) is 1. The molecule has 3 aliphatic heterocycles. The van der Waals surface area contributed by atoms with Crippen molar-refractivity contribution in [2.45, 2.75) is 95.2 Å². The van der Waals surface area contributed by atoms with Crippen LogP contribution in [0.2, 0.25) is 0 Å². The number of hydrogen-bond donors (Lipinski definition) is 3. The number of ether oxygens (including phenoxy) is 4. The molecule has 0 aliphatic carbocycles. The van der Waals surface area contributed by atoms with Crippen LogP contribution in [-0.4, -0.2) is 102 Å². The number of rotatable bonds is 12. The van der Waals surface area contributed by atoms with Gasteiger partial charge in [-0.25, -0.2) is 4.79 Å². The fourth-order valence-corrected chi connectivity index (χ4v) is 9.41. The van der Waals surface area contributed by atoms with Gasteiger partial charge in [-0.15, -0.1) is 0 Å². The number of fused-ring (bicyclic) bond motifs is 5. The number of carbonyl (C=O) groups excluding carboxylic acids is 4. The molecule has 328 valence electrons. The largest absolute Gasteiger partial charge is 0.507 e. The van der Waals surface area contributed by atoms with Crippen LogP contribution in [0.3, 0.4) is 0 Å². The maximum Gasteiger partial charge on any atom is 0.342 e. The van der Waals surface area contributed by atoms with Gasteiger partial charge in [-0.05, 0) is 98.8 Å². The van der Waals surface area contributed by atoms with Crippen molar-refractivity contribution < 1.29 is 48.3 Å². The van der Waals surface area contributed by atoms with Crippen molar-refractivity contribution in [2.75, 3.05) is 46.4 Å². The van der Waals surface area contributed by atoms with Crippen LogP contribution >= 0.6 is 11.8 Å². The van der Waals surface area contributed by atoms with Crippen LogP contribution in [0, 0.1) is 5.92 Å². The molecule has 4 heterocycles. The van der Waals surface area contributed by atoms with E-state index in [1.807, 2.05) is 12.3 Å². The summed E-state index contributed by atoms with van der Waals surface area (Å²) >= 11 is 1.55. The lowest BCUT2D eigenvalue weighted by Gasteiger charge is -2.43. The Hall–Kier alpha value is -5.44. The molecule has 14 nitrogen and oxygen atoms in total. The van der Waals surface area contributed by atoms with Gasteiger partial charge in [0, 0.05) is 68.1 Å². The Kier molecular flexibility index (Phi) is 15.1. The van der Waals surface area contributed by atoms with E-state index < -0.39 is 35.7 Å². The molecule has 3 N–H and O–H groups in total. The minimum Gasteiger partial charge on any atom is -0.507 e. The number of benzene rings is 2. The first-order valence-corrected chi connectivity index (χ1v) is 22.3. The van der Waals surface area contributed by atoms with E-state index in [1.165, 1.54) is 27.4 Å². The lowest BCUT2D eigenvalue weighted by Crippen LogP contribution is -2.55. The number of hydrogen-bond acceptors (Lipinski definition) is 12. The zero-order valence-corrected chi connectivity index (χ0v) is 36.4. The zero-order valence-electron chi connectivity index (χ0n) is 35.6. The monoisotopic (exact) mass is 859 g/mol. The molecular formula is C46H57N3O11S. The van der Waals surface area contributed by atoms with Crippen molar-refractivity contribution in [2.24, 2.45) is 5.92 Å². The molecule has 0 radical (unpaired) electrons. The average molecular weight is 860 g/mol. The second-order valence-corrected chi connectivity index (χ2v) is 17.1. The van der Waals surface area contributed by atoms with Gasteiger partial charge in [0.05, 0.1) is 27.4 Å². The predicted octanol–water partition coefficient (Wildman–Crippen LogP) is 6.17. The van der Waals surface area contributed by atoms with E-state index >= 15 is 0 Å². The molecule has 1 aromatic heterocycles. The van der Waals surface area contributed by atoms with Crippen molar-refractivity contribution in [3.05, 3.63) is 80.8 Å². The van der Waals surface area contributed by atoms with Crippen LogP contribution < -0.4 is 25.1 Å². The van der Waals surface area contributed by atoms with Crippen molar-refractivity contribution in [3.8, 4) is 28.7 Å². The van der Waals surface area contributed by atoms with E-state index in [4.69, 9.17) is 18.9 Å². The number of aromatic hydroxyl groups is 2. The summed E-state index contributed by atoms with van der Waals surface area (Å²) in [4.78, 5) is 69.6. The summed E-state index contributed by atoms with van der Waals surface area (Å²) in [5, 5.41) is 27.0. The number of thioether (sulfide) groups is 1. The number of esters is 1. The number of carbonyl (C=O) groups is 4. The molecule has 2 amide bonds. The number of piperidine rings is 1. The van der Waals surface area contributed by atoms with Gasteiger partial charge in [0.1, 0.15) is 28.9 Å². The van der Waals surface area contributed by atoms with Crippen LogP contribution in [0.4, 0.5) is 0 Å². The molecule has 61 heavy (non-hydrogen) atoms. The Bertz CT molecular complexity index is 2180. The van der Waals surface area contributed by atoms with Gasteiger partial charge in [0.15, 0.2) is 11.5 Å². The summed E-state index contributed by atoms with van der Waals surface area (Å²) < 4.78 is 24.5. The Morgan fingerprint density at radius 1 is 0.984 bits per heavy atom. The molecule has 0 spiro atoms. The number of pyridine rings is 1. The van der Waals surface area contributed by atoms with Crippen LogP contribution in [0.15, 0.2) is 47.3 Å². The zero-order chi connectivity index (χ0) is 43.8. The molecule has 3 unspecified atom stereocenters. The number of ketones is 1. The first-order chi connectivity index (χ1) is 29.4. The van der Waals surface area contributed by atoms with Crippen molar-refractivity contribution in [3.63, 3.8) is 0 Å². The number of allylic oxidation sites excluding steroid dienone is 1. The third kappa shape index (κ3) is 10.4. The fourth-order valence-electron chi connectivity index (χ4n) is 8.94. The van der Waals surface area contributed by atoms with E-state index in [0.717, 1.165) is 12.1 Å². The number of likely N-dealkylation sites (tertiary alicyclic amines) is 1. The number of methoxy groups -OCH3 is 3. The number of aromatic nitrogens is 1. The number of amides is 2. The molecule has 2 aromatic carbocycles. The number of phenols is 2. The summed E-state index contributed by atoms with van der Waals surface area (Å²) in [6.45, 7) is 3.10. The van der Waals surface area contributed by atoms with Gasteiger partial charge in [0.2, 0.25) is 17.6 Å². The van der Waals surface area contributed by atoms with E-state index in [-0.39, 0.29) is 75.2 Å². The second kappa shape index (κ2) is 20.4. The molecule has 6 rings (SSSR count). The molecule has 1 fully saturated rings. The average Bonchev–Trinajstić information content (AvgIpc) is 3.23. The predicted molar refractivity (Wildman–Crippen MR) is 232 cm³/mol. The van der Waals surface area contributed by atoms with Crippen molar-refractivity contribution in [1.82, 2.24) is 14.8 Å². The highest BCUT2D eigenvalue weighted by molar-refractivity contribution is 7.98. The fraction of sp³-hybridized carbons (Fsp3) is 0.500. The molecule has 2 bridgehead atoms. The summed E-state index contributed by atoms with van der Waals surface area (Å²) in [5.74, 6) is -2.09. The molecule has 15 heteroatoms. The molecule has 0 saturated carbocycles. The van der Waals surface area contributed by atoms with Crippen molar-refractivity contribution in [1.29, 1.82) is 0 Å². The van der Waals surface area contributed by atoms with Crippen LogP contribution in [-0.2, 0) is 25.7 Å². The summed E-state index contributed by atoms with van der Waals surface area (Å²) in [7, 11) is 4.34. The van der Waals surface area contributed by atoms with Crippen LogP contribution in [0.1, 0.15) is 109 Å². The van der Waals surface area contributed by atoms with E-state index in [1.54, 1.807) is 64.6 Å². The lowest BCUT2D eigenvalue weighted by atomic mass is 9.83. The normalized spacial score (nSPS) is 20.3. The molecule has 1 saturated heterocycles. The number of Topliss-reactive ketones (excluding diaryl/α,β-unsaturated/α-hetero) is 1. The topological polar surface area (TPSA) is 183 Å². The van der Waals surface area contributed by atoms with Gasteiger partial charge >= 0.3 is 5.97 Å². The Labute approximate surface area is 360 Å². The van der Waals surface area contributed by atoms with Gasteiger partial charge in [0.25, 0.3) is 5.56 Å². The highest BCUT2D eigenvalue weighted by atomic mass is 32.2. The molecule has 3 aromatic rings. The minimum atomic E-state index is -1.12. The first-order valence-electron chi connectivity index (χ1n) is 20.9. The van der Waals surface area contributed by atoms with E-state index in [2.05, 4.69) is 5.32 Å². The van der Waals surface area contributed by atoms with Gasteiger partial charge in [-0.2, -0.15) is 11.8 Å². The smallest absolute Gasteiger partial charge is 0.342 e. The second-order valence-electron chi connectivity index (χ2n) is 16.1. The Balaban J connectivity index is 1.38. The maximum atomic E-state index is 14.4. The van der Waals surface area contributed by atoms with Crippen LogP contribution in [0.5, 0.6) is 28.7 Å². The highest BCUT2D eigenvalue weighted by Gasteiger charge is 2.39. The quantitative estimate of drug-likeness (QED) is 0.176. The van der Waals surface area contributed by atoms with Gasteiger partial charge < -0.3 is 43.9 Å². The molecular weight excluding hydrogens is 803 g/mol. The Morgan fingerprint density at radius 2 is 1.72 bits per heavy atom. The Morgan fingerprint density at radius 3 is 2.43 bits per heavy atom. The van der Waals surface area contributed by atoms with E-state index in [9.17, 15) is 34.2 Å². The minimum absolute atomic E-state index is 0.0136. The molecule has 5 atom stereocenters. The third-order valence-corrected chi connectivity index (χ3v) is 12.6. The lowest BCUT2D eigenvalue weighted by molar-refractivity contribution is -0.139. The number of nitrogens with one attached hydrogen (secondary N) is 1. The van der Waals surface area contributed by atoms with Gasteiger partial charge in [-0.3, -0.25) is 19.2 Å². The maximum absolute atomic E-state index is 14.4. The first kappa shape index (κ1) is 45.1. The molecule has 3 aliphatic rings. The number of phenolic OH excluding ortho intramolecular Hbond substituents is 2. The highest BCUT2D eigenvalue weighted by Crippen LogP contribution is 2.48. The van der Waals surface area contributed by atoms with Crippen LogP contribution in [0.25, 0.3) is 6.08 Å². The summed E-state index contributed by atoms with van der Waals surface area (Å²) in [5.41, 5.74) is 1.14. The summed E-state index contributed by atoms with van der Waals surface area (Å²) in [6, 6.07) is 8.93. The standard InChI is InChI=1S/C46H57N3O11S/c1-27-11-9-14-32(50)13-8-6-7-12-29-20-36(51)42(43(54)41(29)46(56)60-27)33(30-21-37(57-2)44(59-4)38(22-30)58-3)23-39(52)47-34(17-18-61-5)45(55)48-24-28-19-31(26-48)35-15-10-16-40(53)49(35)25-28/h7,10,12,15-16,20-22,27-28,31,33-34,51,54H,6,8-9,11,13-14,17-19,23-26H2,1-5H3,(H,47,52)/t27-,28?,31?,33?,34-/m0/s1. The van der Waals surface area contributed by atoms with Crippen molar-refractivity contribution >= 4 is 41.4 Å². The number of nitrogens with zero attached hydrogens (tertiary/aromatic N) is 2.